The Hall–Kier alpha value is -2.22. The van der Waals surface area contributed by atoms with Crippen molar-refractivity contribution in [3.05, 3.63) is 21.9 Å². The molecule has 0 radical (unpaired) electrons. The zero-order valence-corrected chi connectivity index (χ0v) is 18.9. The molecule has 5 rings (SSSR count). The van der Waals surface area contributed by atoms with E-state index in [0.29, 0.717) is 36.1 Å². The molecule has 1 aromatic heterocycles. The standard InChI is InChI=1S/C23H30N2O5S/c1-14(26)24-6-5-18-3-4-20(31-18)19(28)12-30-21(29)22-8-16-7-17(9-22)11-23(10-16,13-22)25-15(2)27/h3-4,16-17H,5-13H2,1-2H3,(H,24,26)(H,25,27). The van der Waals surface area contributed by atoms with Crippen LogP contribution in [0.2, 0.25) is 0 Å². The van der Waals surface area contributed by atoms with Crippen LogP contribution in [-0.2, 0) is 25.5 Å². The summed E-state index contributed by atoms with van der Waals surface area (Å²) in [6.07, 6.45) is 5.86. The highest BCUT2D eigenvalue weighted by Crippen LogP contribution is 2.62. The Kier molecular flexibility index (Phi) is 5.94. The first-order valence-electron chi connectivity index (χ1n) is 11.0. The lowest BCUT2D eigenvalue weighted by atomic mass is 9.47. The molecule has 2 amide bonds. The number of carbonyl (C=O) groups is 4. The molecule has 4 aliphatic rings. The predicted octanol–water partition coefficient (Wildman–Crippen LogP) is 2.63. The lowest BCUT2D eigenvalue weighted by Gasteiger charge is -2.60. The number of rotatable bonds is 8. The number of thiophene rings is 1. The SMILES string of the molecule is CC(=O)NCCc1ccc(C(=O)COC(=O)C23CC4CC(CC(NC(C)=O)(C4)C2)C3)s1. The van der Waals surface area contributed by atoms with E-state index in [1.54, 1.807) is 6.07 Å². The minimum atomic E-state index is -0.578. The van der Waals surface area contributed by atoms with Gasteiger partial charge in [-0.3, -0.25) is 19.2 Å². The van der Waals surface area contributed by atoms with Crippen molar-refractivity contribution in [2.45, 2.75) is 64.3 Å². The van der Waals surface area contributed by atoms with Crippen LogP contribution >= 0.6 is 11.3 Å². The van der Waals surface area contributed by atoms with Crippen LogP contribution in [0.5, 0.6) is 0 Å². The molecule has 0 aliphatic heterocycles. The normalized spacial score (nSPS) is 30.6. The summed E-state index contributed by atoms with van der Waals surface area (Å²) < 4.78 is 5.56. The van der Waals surface area contributed by atoms with E-state index in [-0.39, 0.29) is 35.7 Å². The lowest BCUT2D eigenvalue weighted by Crippen LogP contribution is -2.64. The smallest absolute Gasteiger partial charge is 0.312 e. The molecule has 4 bridgehead atoms. The van der Waals surface area contributed by atoms with Gasteiger partial charge in [-0.2, -0.15) is 0 Å². The zero-order chi connectivity index (χ0) is 22.2. The van der Waals surface area contributed by atoms with E-state index in [2.05, 4.69) is 10.6 Å². The van der Waals surface area contributed by atoms with Crippen molar-refractivity contribution < 1.29 is 23.9 Å². The molecule has 2 atom stereocenters. The first-order valence-corrected chi connectivity index (χ1v) is 11.8. The van der Waals surface area contributed by atoms with Gasteiger partial charge in [0.1, 0.15) is 0 Å². The van der Waals surface area contributed by atoms with Crippen LogP contribution in [0, 0.1) is 17.3 Å². The van der Waals surface area contributed by atoms with Crippen molar-refractivity contribution in [2.24, 2.45) is 17.3 Å². The average Bonchev–Trinajstić information content (AvgIpc) is 3.12. The molecule has 0 saturated heterocycles. The minimum Gasteiger partial charge on any atom is -0.457 e. The van der Waals surface area contributed by atoms with Gasteiger partial charge in [-0.1, -0.05) is 0 Å². The first-order chi connectivity index (χ1) is 14.7. The van der Waals surface area contributed by atoms with Gasteiger partial charge in [-0.05, 0) is 68.9 Å². The second-order valence-corrected chi connectivity index (χ2v) is 10.9. The molecule has 31 heavy (non-hydrogen) atoms. The third-order valence-electron chi connectivity index (χ3n) is 6.95. The number of hydrogen-bond donors (Lipinski definition) is 2. The Bertz CT molecular complexity index is 894. The summed E-state index contributed by atoms with van der Waals surface area (Å²) >= 11 is 1.37. The Morgan fingerprint density at radius 2 is 1.77 bits per heavy atom. The number of Topliss-reactive ketones (excluding diaryl/α,β-unsaturated/α-hetero) is 1. The van der Waals surface area contributed by atoms with Gasteiger partial charge in [0.05, 0.1) is 10.3 Å². The van der Waals surface area contributed by atoms with E-state index >= 15 is 0 Å². The monoisotopic (exact) mass is 446 g/mol. The molecule has 4 fully saturated rings. The largest absolute Gasteiger partial charge is 0.457 e. The maximum Gasteiger partial charge on any atom is 0.312 e. The number of nitrogens with one attached hydrogen (secondary N) is 2. The molecule has 0 aromatic carbocycles. The highest BCUT2D eigenvalue weighted by atomic mass is 32.1. The Morgan fingerprint density at radius 3 is 2.42 bits per heavy atom. The number of ketones is 1. The van der Waals surface area contributed by atoms with Gasteiger partial charge in [-0.15, -0.1) is 11.3 Å². The summed E-state index contributed by atoms with van der Waals surface area (Å²) in [5.74, 6) is 0.245. The van der Waals surface area contributed by atoms with Gasteiger partial charge >= 0.3 is 5.97 Å². The quantitative estimate of drug-likeness (QED) is 0.472. The van der Waals surface area contributed by atoms with E-state index in [9.17, 15) is 19.2 Å². The molecule has 4 saturated carbocycles. The maximum absolute atomic E-state index is 13.1. The second kappa shape index (κ2) is 8.37. The van der Waals surface area contributed by atoms with E-state index in [0.717, 1.165) is 37.0 Å². The Balaban J connectivity index is 1.35. The van der Waals surface area contributed by atoms with E-state index in [4.69, 9.17) is 4.74 Å². The van der Waals surface area contributed by atoms with E-state index in [1.807, 2.05) is 6.07 Å². The highest BCUT2D eigenvalue weighted by Gasteiger charge is 2.61. The lowest BCUT2D eigenvalue weighted by molar-refractivity contribution is -0.174. The molecule has 2 N–H and O–H groups in total. The van der Waals surface area contributed by atoms with Gasteiger partial charge in [0.25, 0.3) is 0 Å². The van der Waals surface area contributed by atoms with Crippen LogP contribution < -0.4 is 10.6 Å². The molecule has 168 valence electrons. The maximum atomic E-state index is 13.1. The summed E-state index contributed by atoms with van der Waals surface area (Å²) in [5, 5.41) is 5.88. The summed E-state index contributed by atoms with van der Waals surface area (Å²) in [7, 11) is 0. The molecule has 2 unspecified atom stereocenters. The summed E-state index contributed by atoms with van der Waals surface area (Å²) in [6, 6.07) is 3.62. The number of esters is 1. The molecule has 7 nitrogen and oxygen atoms in total. The summed E-state index contributed by atoms with van der Waals surface area (Å²) in [5.41, 5.74) is -0.874. The Labute approximate surface area is 186 Å². The van der Waals surface area contributed by atoms with Gasteiger partial charge in [0.15, 0.2) is 6.61 Å². The van der Waals surface area contributed by atoms with Crippen LogP contribution in [0.1, 0.15) is 66.9 Å². The predicted molar refractivity (Wildman–Crippen MR) is 116 cm³/mol. The molecular formula is C23H30N2O5S. The highest BCUT2D eigenvalue weighted by molar-refractivity contribution is 7.14. The van der Waals surface area contributed by atoms with Crippen molar-refractivity contribution >= 4 is 34.9 Å². The molecule has 1 aromatic rings. The number of hydrogen-bond acceptors (Lipinski definition) is 6. The molecule has 0 spiro atoms. The third kappa shape index (κ3) is 4.68. The van der Waals surface area contributed by atoms with Crippen LogP contribution in [0.4, 0.5) is 0 Å². The van der Waals surface area contributed by atoms with Crippen LogP contribution in [0.3, 0.4) is 0 Å². The fourth-order valence-corrected chi connectivity index (χ4v) is 7.33. The molecule has 4 aliphatic carbocycles. The van der Waals surface area contributed by atoms with E-state index < -0.39 is 5.41 Å². The van der Waals surface area contributed by atoms with Crippen molar-refractivity contribution in [1.29, 1.82) is 0 Å². The summed E-state index contributed by atoms with van der Waals surface area (Å²) in [6.45, 7) is 3.28. The van der Waals surface area contributed by atoms with Crippen LogP contribution in [0.25, 0.3) is 0 Å². The Morgan fingerprint density at radius 1 is 1.06 bits per heavy atom. The van der Waals surface area contributed by atoms with Crippen molar-refractivity contribution in [3.8, 4) is 0 Å². The van der Waals surface area contributed by atoms with Crippen molar-refractivity contribution in [2.75, 3.05) is 13.2 Å². The molecular weight excluding hydrogens is 416 g/mol. The first kappa shape index (κ1) is 22.0. The minimum absolute atomic E-state index is 0.0485. The fourth-order valence-electron chi connectivity index (χ4n) is 6.40. The van der Waals surface area contributed by atoms with Gasteiger partial charge in [0, 0.05) is 30.8 Å². The zero-order valence-electron chi connectivity index (χ0n) is 18.1. The summed E-state index contributed by atoms with van der Waals surface area (Å²) in [4.78, 5) is 50.0. The van der Waals surface area contributed by atoms with Crippen LogP contribution in [0.15, 0.2) is 12.1 Å². The molecule has 1 heterocycles. The fraction of sp³-hybridized carbons (Fsp3) is 0.652. The second-order valence-electron chi connectivity index (χ2n) is 9.70. The van der Waals surface area contributed by atoms with E-state index in [1.165, 1.54) is 25.2 Å². The average molecular weight is 447 g/mol. The number of carbonyl (C=O) groups excluding carboxylic acids is 4. The molecule has 8 heteroatoms. The number of amides is 2. The number of ether oxygens (including phenoxy) is 1. The van der Waals surface area contributed by atoms with Crippen molar-refractivity contribution in [1.82, 2.24) is 10.6 Å². The van der Waals surface area contributed by atoms with Gasteiger partial charge < -0.3 is 15.4 Å². The van der Waals surface area contributed by atoms with Crippen LogP contribution in [-0.4, -0.2) is 42.3 Å². The van der Waals surface area contributed by atoms with Gasteiger partial charge in [0.2, 0.25) is 17.6 Å². The third-order valence-corrected chi connectivity index (χ3v) is 8.14. The van der Waals surface area contributed by atoms with Gasteiger partial charge in [-0.25, -0.2) is 0 Å². The topological polar surface area (TPSA) is 102 Å². The van der Waals surface area contributed by atoms with Crippen molar-refractivity contribution in [3.63, 3.8) is 0 Å².